The topological polar surface area (TPSA) is 71.5 Å². The first-order valence-electron chi connectivity index (χ1n) is 13.2. The number of aryl methyl sites for hydroxylation is 1. The molecule has 0 bridgehead atoms. The molecule has 194 valence electrons. The van der Waals surface area contributed by atoms with Crippen LogP contribution >= 0.6 is 11.6 Å². The predicted molar refractivity (Wildman–Crippen MR) is 147 cm³/mol. The van der Waals surface area contributed by atoms with E-state index in [1.54, 1.807) is 18.3 Å². The second-order valence-electron chi connectivity index (χ2n) is 11.0. The summed E-state index contributed by atoms with van der Waals surface area (Å²) in [6, 6.07) is 18.0. The van der Waals surface area contributed by atoms with Crippen molar-refractivity contribution in [3.8, 4) is 5.75 Å². The van der Waals surface area contributed by atoms with Gasteiger partial charge in [0.2, 0.25) is 0 Å². The molecule has 0 amide bonds. The van der Waals surface area contributed by atoms with Gasteiger partial charge in [-0.05, 0) is 98.1 Å². The lowest BCUT2D eigenvalue weighted by Crippen LogP contribution is -2.53. The van der Waals surface area contributed by atoms with Crippen molar-refractivity contribution in [2.45, 2.75) is 63.3 Å². The molecular formula is C31H35ClN2O3. The van der Waals surface area contributed by atoms with E-state index in [-0.39, 0.29) is 5.41 Å². The van der Waals surface area contributed by atoms with E-state index in [2.05, 4.69) is 41.5 Å². The van der Waals surface area contributed by atoms with Crippen LogP contribution in [-0.2, 0) is 16.6 Å². The summed E-state index contributed by atoms with van der Waals surface area (Å²) in [4.78, 5) is 16.8. The number of carboxylic acid groups (broad SMARTS) is 1. The van der Waals surface area contributed by atoms with Crippen LogP contribution in [0.15, 0.2) is 67.0 Å². The van der Waals surface area contributed by atoms with Crippen molar-refractivity contribution in [2.24, 2.45) is 11.8 Å². The number of pyridine rings is 1. The van der Waals surface area contributed by atoms with Gasteiger partial charge in [-0.15, -0.1) is 0 Å². The Hall–Kier alpha value is -3.05. The Morgan fingerprint density at radius 2 is 1.95 bits per heavy atom. The van der Waals surface area contributed by atoms with Crippen molar-refractivity contribution in [3.63, 3.8) is 0 Å². The summed E-state index contributed by atoms with van der Waals surface area (Å²) in [5.41, 5.74) is 3.63. The number of nitrogens with one attached hydrogen (secondary N) is 1. The van der Waals surface area contributed by atoms with Crippen LogP contribution in [0, 0.1) is 18.8 Å². The largest absolute Gasteiger partial charge is 0.493 e. The molecule has 3 aromatic rings. The van der Waals surface area contributed by atoms with Gasteiger partial charge in [-0.3, -0.25) is 4.98 Å². The summed E-state index contributed by atoms with van der Waals surface area (Å²) >= 11 is 6.18. The number of ether oxygens (including phenoxy) is 1. The van der Waals surface area contributed by atoms with Gasteiger partial charge in [0.25, 0.3) is 0 Å². The fourth-order valence-corrected chi connectivity index (χ4v) is 6.81. The molecule has 37 heavy (non-hydrogen) atoms. The molecule has 0 radical (unpaired) electrons. The van der Waals surface area contributed by atoms with E-state index >= 15 is 0 Å². The van der Waals surface area contributed by atoms with Gasteiger partial charge in [-0.2, -0.15) is 0 Å². The highest BCUT2D eigenvalue weighted by atomic mass is 35.5. The Morgan fingerprint density at radius 3 is 2.68 bits per heavy atom. The number of rotatable bonds is 8. The number of hydrogen-bond acceptors (Lipinski definition) is 4. The molecule has 5 rings (SSSR count). The molecule has 1 aromatic heterocycles. The lowest BCUT2D eigenvalue weighted by molar-refractivity contribution is -0.144. The summed E-state index contributed by atoms with van der Waals surface area (Å²) in [6.07, 6.45) is 8.50. The van der Waals surface area contributed by atoms with E-state index < -0.39 is 11.5 Å². The minimum Gasteiger partial charge on any atom is -0.493 e. The van der Waals surface area contributed by atoms with Gasteiger partial charge in [0.05, 0.1) is 6.61 Å². The maximum absolute atomic E-state index is 12.6. The molecule has 2 atom stereocenters. The van der Waals surface area contributed by atoms with Crippen molar-refractivity contribution >= 4 is 23.3 Å². The van der Waals surface area contributed by atoms with E-state index in [1.807, 2.05) is 31.3 Å². The number of fused-ring (bicyclic) bond motifs is 2. The third-order valence-electron chi connectivity index (χ3n) is 8.59. The summed E-state index contributed by atoms with van der Waals surface area (Å²) < 4.78 is 6.16. The molecule has 6 heteroatoms. The van der Waals surface area contributed by atoms with Gasteiger partial charge >= 0.3 is 5.97 Å². The summed E-state index contributed by atoms with van der Waals surface area (Å²) in [7, 11) is 0. The monoisotopic (exact) mass is 518 g/mol. The number of halogens is 1. The number of aliphatic carboxylic acids is 1. The number of benzene rings is 2. The summed E-state index contributed by atoms with van der Waals surface area (Å²) in [6.45, 7) is 4.94. The molecule has 5 nitrogen and oxygen atoms in total. The van der Waals surface area contributed by atoms with E-state index in [9.17, 15) is 9.90 Å². The van der Waals surface area contributed by atoms with Crippen LogP contribution in [0.5, 0.6) is 5.75 Å². The fourth-order valence-electron chi connectivity index (χ4n) is 6.62. The van der Waals surface area contributed by atoms with Crippen LogP contribution in [0.4, 0.5) is 5.69 Å². The van der Waals surface area contributed by atoms with Gasteiger partial charge in [-0.25, -0.2) is 4.79 Å². The molecular weight excluding hydrogens is 484 g/mol. The van der Waals surface area contributed by atoms with Gasteiger partial charge in [0.15, 0.2) is 0 Å². The molecule has 1 heterocycles. The Balaban J connectivity index is 1.34. The van der Waals surface area contributed by atoms with E-state index in [4.69, 9.17) is 16.3 Å². The zero-order valence-electron chi connectivity index (χ0n) is 21.5. The third kappa shape index (κ3) is 5.06. The highest BCUT2D eigenvalue weighted by Gasteiger charge is 2.53. The molecule has 2 aromatic carbocycles. The maximum atomic E-state index is 12.6. The number of hydrogen-bond donors (Lipinski definition) is 2. The molecule has 2 aliphatic rings. The zero-order valence-corrected chi connectivity index (χ0v) is 22.3. The van der Waals surface area contributed by atoms with Crippen molar-refractivity contribution in [1.29, 1.82) is 0 Å². The number of aromatic nitrogens is 1. The van der Waals surface area contributed by atoms with Crippen LogP contribution < -0.4 is 10.1 Å². The first-order valence-corrected chi connectivity index (χ1v) is 13.6. The van der Waals surface area contributed by atoms with Crippen LogP contribution in [0.1, 0.15) is 55.7 Å². The average molecular weight is 519 g/mol. The second kappa shape index (κ2) is 10.4. The van der Waals surface area contributed by atoms with Crippen LogP contribution in [0.3, 0.4) is 0 Å². The summed E-state index contributed by atoms with van der Waals surface area (Å²) in [5.74, 6) is 0.932. The maximum Gasteiger partial charge on any atom is 0.329 e. The number of nitrogens with zero attached hydrogens (tertiary/aromatic N) is 1. The predicted octanol–water partition coefficient (Wildman–Crippen LogP) is 7.07. The Labute approximate surface area is 224 Å². The molecule has 1 saturated carbocycles. The SMILES string of the molecule is Cc1cnccc1OC[C@H](C)CC1Cc2ccccc2C12CCC(Nc1cccc(Cl)c1)(C(=O)O)CC2. The minimum atomic E-state index is -0.994. The quantitative estimate of drug-likeness (QED) is 0.333. The molecule has 2 N–H and O–H groups in total. The van der Waals surface area contributed by atoms with E-state index in [0.717, 1.165) is 42.7 Å². The Kier molecular flexibility index (Phi) is 7.17. The molecule has 2 aliphatic carbocycles. The Morgan fingerprint density at radius 1 is 1.16 bits per heavy atom. The third-order valence-corrected chi connectivity index (χ3v) is 8.83. The van der Waals surface area contributed by atoms with Crippen molar-refractivity contribution in [3.05, 3.63) is 88.7 Å². The van der Waals surface area contributed by atoms with E-state index in [0.29, 0.717) is 36.3 Å². The van der Waals surface area contributed by atoms with Gasteiger partial charge < -0.3 is 15.2 Å². The molecule has 1 fully saturated rings. The lowest BCUT2D eigenvalue weighted by Gasteiger charge is -2.47. The lowest BCUT2D eigenvalue weighted by atomic mass is 9.59. The van der Waals surface area contributed by atoms with Crippen LogP contribution in [0.25, 0.3) is 0 Å². The zero-order chi connectivity index (χ0) is 26.0. The van der Waals surface area contributed by atoms with Crippen molar-refractivity contribution in [2.75, 3.05) is 11.9 Å². The van der Waals surface area contributed by atoms with Crippen LogP contribution in [-0.4, -0.2) is 28.2 Å². The van der Waals surface area contributed by atoms with Gasteiger partial charge in [-0.1, -0.05) is 48.9 Å². The molecule has 0 saturated heterocycles. The highest BCUT2D eigenvalue weighted by Crippen LogP contribution is 2.56. The number of carboxylic acids is 1. The molecule has 0 aliphatic heterocycles. The Bertz CT molecular complexity index is 1270. The average Bonchev–Trinajstić information content (AvgIpc) is 3.17. The van der Waals surface area contributed by atoms with Crippen LogP contribution in [0.2, 0.25) is 5.02 Å². The van der Waals surface area contributed by atoms with Gasteiger partial charge in [0, 0.05) is 28.7 Å². The second-order valence-corrected chi connectivity index (χ2v) is 11.5. The number of anilines is 1. The molecule has 1 unspecified atom stereocenters. The molecule has 1 spiro atoms. The summed E-state index contributed by atoms with van der Waals surface area (Å²) in [5, 5.41) is 14.3. The first-order chi connectivity index (χ1) is 17.8. The van der Waals surface area contributed by atoms with Gasteiger partial charge in [0.1, 0.15) is 11.3 Å². The smallest absolute Gasteiger partial charge is 0.329 e. The first kappa shape index (κ1) is 25.6. The highest BCUT2D eigenvalue weighted by molar-refractivity contribution is 6.30. The normalized spacial score (nSPS) is 25.4. The van der Waals surface area contributed by atoms with Crippen molar-refractivity contribution < 1.29 is 14.6 Å². The fraction of sp³-hybridized carbons (Fsp3) is 0.419. The van der Waals surface area contributed by atoms with E-state index in [1.165, 1.54) is 11.1 Å². The number of carbonyl (C=O) groups is 1. The minimum absolute atomic E-state index is 0.00754. The standard InChI is InChI=1S/C31H35ClN2O3/c1-21(20-37-28-10-15-33-19-22(28)2)16-24-17-23-6-3-4-9-27(23)30(24)11-13-31(14-12-30,29(35)36)34-26-8-5-7-25(32)18-26/h3-10,15,18-19,21,24,34H,11-14,16-17,20H2,1-2H3,(H,35,36)/t21-,24?,30?,31?/m1/s1. The van der Waals surface area contributed by atoms with Crippen molar-refractivity contribution in [1.82, 2.24) is 4.98 Å².